The third-order valence-electron chi connectivity index (χ3n) is 7.24. The summed E-state index contributed by atoms with van der Waals surface area (Å²) in [4.78, 5) is 6.84. The van der Waals surface area contributed by atoms with Gasteiger partial charge in [-0.2, -0.15) is 0 Å². The van der Waals surface area contributed by atoms with Gasteiger partial charge in [0.05, 0.1) is 13.7 Å². The highest BCUT2D eigenvalue weighted by Crippen LogP contribution is 2.22. The molecule has 1 unspecified atom stereocenters. The van der Waals surface area contributed by atoms with Crippen LogP contribution in [0.5, 0.6) is 5.75 Å². The van der Waals surface area contributed by atoms with E-state index in [1.807, 2.05) is 0 Å². The van der Waals surface area contributed by atoms with Crippen LogP contribution in [0.4, 0.5) is 0 Å². The van der Waals surface area contributed by atoms with Crippen LogP contribution in [0.25, 0.3) is 10.9 Å². The number of H-pyrrole nitrogens is 1. The topological polar surface area (TPSA) is 33.9 Å². The zero-order valence-electron chi connectivity index (χ0n) is 19.5. The molecule has 0 radical (unpaired) electrons. The van der Waals surface area contributed by atoms with E-state index in [1.54, 1.807) is 16.9 Å². The van der Waals surface area contributed by atoms with Gasteiger partial charge in [-0.05, 0) is 42.3 Å². The fourth-order valence-electron chi connectivity index (χ4n) is 5.44. The molecule has 0 amide bonds. The van der Waals surface area contributed by atoms with Gasteiger partial charge in [0.1, 0.15) is 38.0 Å². The highest BCUT2D eigenvalue weighted by Gasteiger charge is 2.31. The maximum atomic E-state index is 5.39. The van der Waals surface area contributed by atoms with Crippen molar-refractivity contribution in [2.75, 3.05) is 39.8 Å². The average Bonchev–Trinajstić information content (AvgIpc) is 3.29. The Labute approximate surface area is 196 Å². The molecule has 0 bridgehead atoms. The maximum Gasteiger partial charge on any atom is 0.139 e. The van der Waals surface area contributed by atoms with E-state index in [2.05, 4.69) is 90.0 Å². The van der Waals surface area contributed by atoms with Crippen molar-refractivity contribution >= 4 is 10.9 Å². The summed E-state index contributed by atoms with van der Waals surface area (Å²) < 4.78 is 5.39. The molecule has 4 heteroatoms. The predicted octanol–water partition coefficient (Wildman–Crippen LogP) is 2.68. The van der Waals surface area contributed by atoms with Crippen LogP contribution in [-0.2, 0) is 6.42 Å². The van der Waals surface area contributed by atoms with Crippen molar-refractivity contribution < 1.29 is 14.5 Å². The van der Waals surface area contributed by atoms with Gasteiger partial charge in [-0.3, -0.25) is 0 Å². The summed E-state index contributed by atoms with van der Waals surface area (Å²) in [5, 5.41) is 1.38. The molecule has 1 saturated heterocycles. The minimum atomic E-state index is 0.380. The van der Waals surface area contributed by atoms with Crippen LogP contribution in [0.1, 0.15) is 29.2 Å². The number of piperazine rings is 1. The zero-order valence-corrected chi connectivity index (χ0v) is 19.5. The van der Waals surface area contributed by atoms with Crippen molar-refractivity contribution in [2.45, 2.75) is 18.9 Å². The van der Waals surface area contributed by atoms with Crippen molar-refractivity contribution in [1.29, 1.82) is 0 Å². The average molecular weight is 442 g/mol. The smallest absolute Gasteiger partial charge is 0.139 e. The SMILES string of the molecule is COc1ccc(C(c2ccccc2)[NH+]2CC[NH+](CCCc3c[nH]c4ccccc34)CC2)cc1. The molecule has 1 aliphatic rings. The molecule has 1 fully saturated rings. The molecule has 4 nitrogen and oxygen atoms in total. The lowest BCUT2D eigenvalue weighted by Crippen LogP contribution is -3.28. The van der Waals surface area contributed by atoms with E-state index in [9.17, 15) is 0 Å². The van der Waals surface area contributed by atoms with Gasteiger partial charge in [-0.25, -0.2) is 0 Å². The lowest BCUT2D eigenvalue weighted by atomic mass is 9.96. The molecule has 0 spiro atoms. The van der Waals surface area contributed by atoms with Crippen LogP contribution in [0.3, 0.4) is 0 Å². The molecule has 4 aromatic rings. The number of hydrogen-bond acceptors (Lipinski definition) is 1. The van der Waals surface area contributed by atoms with E-state index in [-0.39, 0.29) is 0 Å². The molecule has 33 heavy (non-hydrogen) atoms. The van der Waals surface area contributed by atoms with Gasteiger partial charge in [0.25, 0.3) is 0 Å². The number of aromatic amines is 1. The van der Waals surface area contributed by atoms with Gasteiger partial charge < -0.3 is 19.5 Å². The molecule has 0 aliphatic carbocycles. The van der Waals surface area contributed by atoms with Crippen LogP contribution in [0, 0.1) is 0 Å². The predicted molar refractivity (Wildman–Crippen MR) is 134 cm³/mol. The van der Waals surface area contributed by atoms with Gasteiger partial charge in [-0.1, -0.05) is 48.5 Å². The third-order valence-corrected chi connectivity index (χ3v) is 7.24. The lowest BCUT2D eigenvalue weighted by Gasteiger charge is -2.35. The summed E-state index contributed by atoms with van der Waals surface area (Å²) in [5.41, 5.74) is 5.49. The molecular weight excluding hydrogens is 406 g/mol. The standard InChI is InChI=1S/C29H33N3O/c1-33-26-15-13-24(14-16-26)29(23-8-3-2-4-9-23)32-20-18-31(19-21-32)17-7-10-25-22-30-28-12-6-5-11-27(25)28/h2-6,8-9,11-16,22,29-30H,7,10,17-21H2,1H3/p+2. The highest BCUT2D eigenvalue weighted by molar-refractivity contribution is 5.82. The fourth-order valence-corrected chi connectivity index (χ4v) is 5.44. The van der Waals surface area contributed by atoms with E-state index in [0.29, 0.717) is 6.04 Å². The normalized spacial score (nSPS) is 19.4. The first kappa shape index (κ1) is 21.7. The molecule has 1 aromatic heterocycles. The summed E-state index contributed by atoms with van der Waals surface area (Å²) in [6, 6.07) is 28.7. The van der Waals surface area contributed by atoms with Gasteiger partial charge in [0.15, 0.2) is 0 Å². The maximum absolute atomic E-state index is 5.39. The fraction of sp³-hybridized carbons (Fsp3) is 0.310. The second kappa shape index (κ2) is 10.2. The second-order valence-corrected chi connectivity index (χ2v) is 9.24. The molecular formula is C29H35N3O+2. The van der Waals surface area contributed by atoms with Crippen LogP contribution >= 0.6 is 0 Å². The Balaban J connectivity index is 1.20. The number of aromatic nitrogens is 1. The number of methoxy groups -OCH3 is 1. The summed E-state index contributed by atoms with van der Waals surface area (Å²) in [6.07, 6.45) is 4.59. The Hall–Kier alpha value is -3.08. The summed E-state index contributed by atoms with van der Waals surface area (Å²) in [7, 11) is 1.73. The van der Waals surface area contributed by atoms with Crippen LogP contribution < -0.4 is 14.5 Å². The molecule has 5 rings (SSSR count). The van der Waals surface area contributed by atoms with Crippen molar-refractivity contribution in [3.63, 3.8) is 0 Å². The molecule has 0 saturated carbocycles. The summed E-state index contributed by atoms with van der Waals surface area (Å²) >= 11 is 0. The molecule has 2 heterocycles. The monoisotopic (exact) mass is 441 g/mol. The number of rotatable bonds is 8. The summed E-state index contributed by atoms with van der Waals surface area (Å²) in [5.74, 6) is 0.921. The number of hydrogen-bond donors (Lipinski definition) is 3. The molecule has 3 N–H and O–H groups in total. The zero-order chi connectivity index (χ0) is 22.5. The number of aryl methyl sites for hydroxylation is 1. The van der Waals surface area contributed by atoms with Crippen molar-refractivity contribution in [1.82, 2.24) is 4.98 Å². The Morgan fingerprint density at radius 3 is 2.27 bits per heavy atom. The largest absolute Gasteiger partial charge is 0.497 e. The molecule has 3 aromatic carbocycles. The Bertz CT molecular complexity index is 1140. The Morgan fingerprint density at radius 1 is 0.818 bits per heavy atom. The van der Waals surface area contributed by atoms with E-state index in [1.165, 1.54) is 66.7 Å². The van der Waals surface area contributed by atoms with E-state index < -0.39 is 0 Å². The van der Waals surface area contributed by atoms with Crippen molar-refractivity contribution in [2.24, 2.45) is 0 Å². The van der Waals surface area contributed by atoms with Gasteiger partial charge in [0, 0.05) is 34.6 Å². The van der Waals surface area contributed by atoms with E-state index in [0.717, 1.165) is 12.2 Å². The van der Waals surface area contributed by atoms with Crippen LogP contribution in [-0.4, -0.2) is 44.8 Å². The Kier molecular flexibility index (Phi) is 6.75. The van der Waals surface area contributed by atoms with Crippen molar-refractivity contribution in [3.8, 4) is 5.75 Å². The van der Waals surface area contributed by atoms with Gasteiger partial charge in [-0.15, -0.1) is 0 Å². The van der Waals surface area contributed by atoms with Crippen LogP contribution in [0.2, 0.25) is 0 Å². The quantitative estimate of drug-likeness (QED) is 0.386. The first-order chi connectivity index (χ1) is 16.3. The first-order valence-electron chi connectivity index (χ1n) is 12.2. The number of fused-ring (bicyclic) bond motifs is 1. The van der Waals surface area contributed by atoms with Gasteiger partial charge in [0.2, 0.25) is 0 Å². The Morgan fingerprint density at radius 2 is 1.52 bits per heavy atom. The first-order valence-corrected chi connectivity index (χ1v) is 12.2. The van der Waals surface area contributed by atoms with Crippen molar-refractivity contribution in [3.05, 3.63) is 102 Å². The third kappa shape index (κ3) is 4.97. The lowest BCUT2D eigenvalue weighted by molar-refractivity contribution is -1.02. The number of quaternary nitrogens is 2. The number of ether oxygens (including phenoxy) is 1. The molecule has 1 atom stereocenters. The minimum absolute atomic E-state index is 0.380. The number of nitrogens with one attached hydrogen (secondary N) is 3. The van der Waals surface area contributed by atoms with Gasteiger partial charge >= 0.3 is 0 Å². The molecule has 170 valence electrons. The van der Waals surface area contributed by atoms with Crippen LogP contribution in [0.15, 0.2) is 85.1 Å². The second-order valence-electron chi connectivity index (χ2n) is 9.24. The molecule has 1 aliphatic heterocycles. The summed E-state index contributed by atoms with van der Waals surface area (Å²) in [6.45, 7) is 6.14. The van der Waals surface area contributed by atoms with E-state index >= 15 is 0 Å². The highest BCUT2D eigenvalue weighted by atomic mass is 16.5. The minimum Gasteiger partial charge on any atom is -0.497 e. The van der Waals surface area contributed by atoms with E-state index in [4.69, 9.17) is 4.74 Å². The number of benzene rings is 3. The number of para-hydroxylation sites is 1.